The number of nitrogens with one attached hydrogen (secondary N) is 1. The smallest absolute Gasteiger partial charge is 0.243 e. The van der Waals surface area contributed by atoms with Crippen LogP contribution in [0.25, 0.3) is 6.08 Å². The lowest BCUT2D eigenvalue weighted by Crippen LogP contribution is -2.47. The van der Waals surface area contributed by atoms with Crippen molar-refractivity contribution in [3.05, 3.63) is 32.7 Å². The first-order chi connectivity index (χ1) is 13.5. The topological polar surface area (TPSA) is 70.8 Å². The molecule has 6 nitrogen and oxygen atoms in total. The SMILES string of the molecule is COc1c(Br)cc(/C=C/C(=O)NCCCN2CCN(CCCN)CC2)cc1Br. The van der Waals surface area contributed by atoms with Crippen LogP contribution in [0, 0.1) is 0 Å². The molecule has 0 radical (unpaired) electrons. The Morgan fingerprint density at radius 1 is 1.14 bits per heavy atom. The van der Waals surface area contributed by atoms with Gasteiger partial charge in [-0.2, -0.15) is 0 Å². The van der Waals surface area contributed by atoms with E-state index in [2.05, 4.69) is 47.0 Å². The molecule has 0 atom stereocenters. The van der Waals surface area contributed by atoms with Crippen LogP contribution >= 0.6 is 31.9 Å². The number of piperazine rings is 1. The van der Waals surface area contributed by atoms with Crippen molar-refractivity contribution in [3.8, 4) is 5.75 Å². The largest absolute Gasteiger partial charge is 0.494 e. The van der Waals surface area contributed by atoms with Crippen molar-refractivity contribution in [3.63, 3.8) is 0 Å². The van der Waals surface area contributed by atoms with E-state index in [1.807, 2.05) is 12.1 Å². The summed E-state index contributed by atoms with van der Waals surface area (Å²) in [6.07, 6.45) is 5.40. The van der Waals surface area contributed by atoms with Crippen molar-refractivity contribution in [2.75, 3.05) is 59.5 Å². The minimum Gasteiger partial charge on any atom is -0.494 e. The number of nitrogens with zero attached hydrogens (tertiary/aromatic N) is 2. The Morgan fingerprint density at radius 2 is 1.71 bits per heavy atom. The fourth-order valence-corrected chi connectivity index (χ4v) is 4.71. The highest BCUT2D eigenvalue weighted by atomic mass is 79.9. The predicted octanol–water partition coefficient (Wildman–Crippen LogP) is 2.71. The van der Waals surface area contributed by atoms with Gasteiger partial charge in [0.25, 0.3) is 0 Å². The molecule has 0 aliphatic carbocycles. The third-order valence-electron chi connectivity index (χ3n) is 4.75. The molecule has 0 spiro atoms. The molecule has 0 aromatic heterocycles. The summed E-state index contributed by atoms with van der Waals surface area (Å²) in [5, 5.41) is 2.96. The van der Waals surface area contributed by atoms with Gasteiger partial charge in [0.1, 0.15) is 5.75 Å². The third kappa shape index (κ3) is 7.83. The van der Waals surface area contributed by atoms with Gasteiger partial charge in [0.15, 0.2) is 0 Å². The second-order valence-electron chi connectivity index (χ2n) is 6.82. The number of nitrogens with two attached hydrogens (primary N) is 1. The number of hydrogen-bond acceptors (Lipinski definition) is 5. The van der Waals surface area contributed by atoms with E-state index in [9.17, 15) is 4.79 Å². The van der Waals surface area contributed by atoms with Gasteiger partial charge in [-0.15, -0.1) is 0 Å². The lowest BCUT2D eigenvalue weighted by Gasteiger charge is -2.34. The molecule has 28 heavy (non-hydrogen) atoms. The van der Waals surface area contributed by atoms with Crippen molar-refractivity contribution < 1.29 is 9.53 Å². The number of rotatable bonds is 10. The molecule has 0 unspecified atom stereocenters. The maximum absolute atomic E-state index is 12.0. The van der Waals surface area contributed by atoms with Crippen molar-refractivity contribution in [2.45, 2.75) is 12.8 Å². The molecule has 156 valence electrons. The molecule has 8 heteroatoms. The van der Waals surface area contributed by atoms with Crippen LogP contribution in [0.2, 0.25) is 0 Å². The highest BCUT2D eigenvalue weighted by Crippen LogP contribution is 2.34. The number of halogens is 2. The Bertz CT molecular complexity index is 639. The van der Waals surface area contributed by atoms with E-state index in [0.717, 1.165) is 78.9 Å². The summed E-state index contributed by atoms with van der Waals surface area (Å²) in [5.74, 6) is 0.663. The first kappa shape index (κ1) is 23.3. The van der Waals surface area contributed by atoms with Gasteiger partial charge in [0.05, 0.1) is 16.1 Å². The number of carbonyl (C=O) groups excluding carboxylic acids is 1. The summed E-state index contributed by atoms with van der Waals surface area (Å²) in [7, 11) is 1.62. The zero-order valence-corrected chi connectivity index (χ0v) is 19.6. The Labute approximate surface area is 184 Å². The quantitative estimate of drug-likeness (QED) is 0.369. The van der Waals surface area contributed by atoms with Gasteiger partial charge < -0.3 is 25.6 Å². The van der Waals surface area contributed by atoms with E-state index in [1.54, 1.807) is 19.3 Å². The summed E-state index contributed by atoms with van der Waals surface area (Å²) in [5.41, 5.74) is 6.49. The Morgan fingerprint density at radius 3 is 2.25 bits per heavy atom. The van der Waals surface area contributed by atoms with Gasteiger partial charge in [-0.25, -0.2) is 0 Å². The first-order valence-corrected chi connectivity index (χ1v) is 11.3. The van der Waals surface area contributed by atoms with E-state index in [0.29, 0.717) is 6.54 Å². The summed E-state index contributed by atoms with van der Waals surface area (Å²) >= 11 is 6.93. The van der Waals surface area contributed by atoms with Crippen molar-refractivity contribution in [1.82, 2.24) is 15.1 Å². The second kappa shape index (κ2) is 12.6. The highest BCUT2D eigenvalue weighted by Gasteiger charge is 2.15. The van der Waals surface area contributed by atoms with Crippen LogP contribution in [0.15, 0.2) is 27.2 Å². The molecule has 1 aromatic rings. The Balaban J connectivity index is 1.65. The zero-order chi connectivity index (χ0) is 20.4. The monoisotopic (exact) mass is 516 g/mol. The van der Waals surface area contributed by atoms with Crippen molar-refractivity contribution >= 4 is 43.8 Å². The van der Waals surface area contributed by atoms with Gasteiger partial charge in [0, 0.05) is 38.8 Å². The molecule has 1 saturated heterocycles. The van der Waals surface area contributed by atoms with Crippen LogP contribution in [-0.4, -0.2) is 75.2 Å². The van der Waals surface area contributed by atoms with Gasteiger partial charge in [-0.3, -0.25) is 4.79 Å². The van der Waals surface area contributed by atoms with E-state index in [-0.39, 0.29) is 5.91 Å². The summed E-state index contributed by atoms with van der Waals surface area (Å²) in [6, 6.07) is 3.83. The number of benzene rings is 1. The number of carbonyl (C=O) groups is 1. The van der Waals surface area contributed by atoms with Gasteiger partial charge in [-0.1, -0.05) is 0 Å². The molecule has 3 N–H and O–H groups in total. The molecule has 1 amide bonds. The lowest BCUT2D eigenvalue weighted by molar-refractivity contribution is -0.116. The predicted molar refractivity (Wildman–Crippen MR) is 122 cm³/mol. The van der Waals surface area contributed by atoms with Gasteiger partial charge >= 0.3 is 0 Å². The number of amides is 1. The molecule has 0 saturated carbocycles. The van der Waals surface area contributed by atoms with Crippen LogP contribution in [0.5, 0.6) is 5.75 Å². The van der Waals surface area contributed by atoms with Crippen LogP contribution in [0.4, 0.5) is 0 Å². The molecular weight excluding hydrogens is 488 g/mol. The fourth-order valence-electron chi connectivity index (χ4n) is 3.17. The van der Waals surface area contributed by atoms with Crippen LogP contribution in [0.3, 0.4) is 0 Å². The molecule has 1 aromatic carbocycles. The molecule has 0 bridgehead atoms. The maximum Gasteiger partial charge on any atom is 0.243 e. The number of hydrogen-bond donors (Lipinski definition) is 2. The molecule has 2 rings (SSSR count). The number of ether oxygens (including phenoxy) is 1. The average molecular weight is 518 g/mol. The van der Waals surface area contributed by atoms with E-state index in [1.165, 1.54) is 0 Å². The van der Waals surface area contributed by atoms with Crippen LogP contribution < -0.4 is 15.8 Å². The fraction of sp³-hybridized carbons (Fsp3) is 0.550. The Hall–Kier alpha value is -0.930. The summed E-state index contributed by atoms with van der Waals surface area (Å²) in [4.78, 5) is 17.0. The van der Waals surface area contributed by atoms with Crippen LogP contribution in [-0.2, 0) is 4.79 Å². The first-order valence-electron chi connectivity index (χ1n) is 9.67. The van der Waals surface area contributed by atoms with E-state index in [4.69, 9.17) is 10.5 Å². The third-order valence-corrected chi connectivity index (χ3v) is 5.92. The minimum absolute atomic E-state index is 0.0744. The molecule has 1 heterocycles. The van der Waals surface area contributed by atoms with Crippen LogP contribution in [0.1, 0.15) is 18.4 Å². The maximum atomic E-state index is 12.0. The molecule has 1 fully saturated rings. The normalized spacial score (nSPS) is 15.9. The standard InChI is InChI=1S/C20H30Br2N4O2/c1-28-20-17(21)14-16(15-18(20)22)4-5-19(27)24-7-3-9-26-12-10-25(11-13-26)8-2-6-23/h4-5,14-15H,2-3,6-13,23H2,1H3,(H,24,27)/b5-4+. The molecule has 1 aliphatic heterocycles. The summed E-state index contributed by atoms with van der Waals surface area (Å²) < 4.78 is 6.97. The van der Waals surface area contributed by atoms with Crippen molar-refractivity contribution in [2.24, 2.45) is 5.73 Å². The van der Waals surface area contributed by atoms with E-state index < -0.39 is 0 Å². The van der Waals surface area contributed by atoms with Gasteiger partial charge in [0.2, 0.25) is 5.91 Å². The lowest BCUT2D eigenvalue weighted by atomic mass is 10.2. The van der Waals surface area contributed by atoms with Gasteiger partial charge in [-0.05, 0) is 88.1 Å². The average Bonchev–Trinajstić information content (AvgIpc) is 2.69. The second-order valence-corrected chi connectivity index (χ2v) is 8.53. The zero-order valence-electron chi connectivity index (χ0n) is 16.4. The number of methoxy groups -OCH3 is 1. The Kier molecular flexibility index (Phi) is 10.5. The summed E-state index contributed by atoms with van der Waals surface area (Å²) in [6.45, 7) is 8.00. The highest BCUT2D eigenvalue weighted by molar-refractivity contribution is 9.11. The van der Waals surface area contributed by atoms with Crippen molar-refractivity contribution in [1.29, 1.82) is 0 Å². The molecular formula is C20H30Br2N4O2. The van der Waals surface area contributed by atoms with E-state index >= 15 is 0 Å². The molecule has 1 aliphatic rings. The minimum atomic E-state index is -0.0744.